The Hall–Kier alpha value is -1.25. The molecule has 1 aromatic rings. The normalized spacial score (nSPS) is 12.1. The number of hydrogen-bond acceptors (Lipinski definition) is 8. The van der Waals surface area contributed by atoms with Gasteiger partial charge < -0.3 is 19.9 Å². The van der Waals surface area contributed by atoms with Crippen LogP contribution in [0.4, 0.5) is 0 Å². The fraction of sp³-hybridized carbons (Fsp3) is 0.727. The van der Waals surface area contributed by atoms with Gasteiger partial charge >= 0.3 is 5.97 Å². The molecule has 0 bridgehead atoms. The Bertz CT molecular complexity index is 348. The summed E-state index contributed by atoms with van der Waals surface area (Å²) in [5.74, 6) is 0.232. The maximum absolute atomic E-state index is 11.0. The van der Waals surface area contributed by atoms with Crippen molar-refractivity contribution in [3.63, 3.8) is 0 Å². The smallest absolute Gasteiger partial charge is 0.305 e. The topological polar surface area (TPSA) is 93.6 Å². The Morgan fingerprint density at radius 2 is 2.47 bits per heavy atom. The molecule has 0 amide bonds. The summed E-state index contributed by atoms with van der Waals surface area (Å²) in [5.41, 5.74) is 0. The molecule has 1 unspecified atom stereocenters. The molecule has 0 radical (unpaired) electrons. The maximum Gasteiger partial charge on any atom is 0.305 e. The molecule has 1 heterocycles. The summed E-state index contributed by atoms with van der Waals surface area (Å²) in [4.78, 5) is 11.0. The fourth-order valence-electron chi connectivity index (χ4n) is 1.32. The summed E-state index contributed by atoms with van der Waals surface area (Å²) in [7, 11) is 0. The Kier molecular flexibility index (Phi) is 8.03. The van der Waals surface area contributed by atoms with Crippen LogP contribution >= 0.6 is 11.7 Å². The average Bonchev–Trinajstić information content (AvgIpc) is 2.89. The molecule has 0 aliphatic rings. The summed E-state index contributed by atoms with van der Waals surface area (Å²) in [6.07, 6.45) is 1.95. The molecule has 8 heteroatoms. The number of carbonyl (C=O) groups excluding carboxylic acids is 1. The Balaban J connectivity index is 1.95. The third kappa shape index (κ3) is 7.70. The van der Waals surface area contributed by atoms with E-state index < -0.39 is 6.10 Å². The summed E-state index contributed by atoms with van der Waals surface area (Å²) in [6.45, 7) is 3.41. The first-order chi connectivity index (χ1) is 9.22. The van der Waals surface area contributed by atoms with Gasteiger partial charge in [0.15, 0.2) is 0 Å². The van der Waals surface area contributed by atoms with Gasteiger partial charge in [0.1, 0.15) is 18.9 Å². The molecule has 0 saturated heterocycles. The van der Waals surface area contributed by atoms with Crippen LogP contribution in [0, 0.1) is 0 Å². The zero-order valence-electron chi connectivity index (χ0n) is 10.9. The molecule has 108 valence electrons. The quantitative estimate of drug-likeness (QED) is 0.470. The molecule has 0 spiro atoms. The van der Waals surface area contributed by atoms with Crippen LogP contribution in [0.3, 0.4) is 0 Å². The minimum atomic E-state index is -0.621. The van der Waals surface area contributed by atoms with Gasteiger partial charge in [0.2, 0.25) is 5.88 Å². The summed E-state index contributed by atoms with van der Waals surface area (Å²) < 4.78 is 17.7. The van der Waals surface area contributed by atoms with Crippen molar-refractivity contribution >= 4 is 17.7 Å². The number of aromatic nitrogens is 2. The highest BCUT2D eigenvalue weighted by molar-refractivity contribution is 6.99. The van der Waals surface area contributed by atoms with Gasteiger partial charge in [-0.2, -0.15) is 4.37 Å². The second kappa shape index (κ2) is 9.65. The van der Waals surface area contributed by atoms with Gasteiger partial charge in [-0.25, -0.2) is 0 Å². The first-order valence-electron chi connectivity index (χ1n) is 6.17. The van der Waals surface area contributed by atoms with Crippen molar-refractivity contribution < 1.29 is 19.4 Å². The van der Waals surface area contributed by atoms with Gasteiger partial charge in [0.25, 0.3) is 0 Å². The van der Waals surface area contributed by atoms with E-state index in [0.717, 1.165) is 11.7 Å². The van der Waals surface area contributed by atoms with Crippen molar-refractivity contribution in [2.45, 2.75) is 25.9 Å². The highest BCUT2D eigenvalue weighted by Crippen LogP contribution is 2.05. The van der Waals surface area contributed by atoms with Crippen LogP contribution in [0.2, 0.25) is 0 Å². The summed E-state index contributed by atoms with van der Waals surface area (Å²) in [5, 5.41) is 12.7. The minimum absolute atomic E-state index is 0.163. The van der Waals surface area contributed by atoms with Crippen LogP contribution < -0.4 is 10.1 Å². The lowest BCUT2D eigenvalue weighted by molar-refractivity contribution is -0.143. The predicted molar refractivity (Wildman–Crippen MR) is 70.1 cm³/mol. The molecule has 0 aliphatic carbocycles. The van der Waals surface area contributed by atoms with E-state index in [0.29, 0.717) is 38.4 Å². The number of rotatable bonds is 10. The summed E-state index contributed by atoms with van der Waals surface area (Å²) >= 11 is 1.06. The lowest BCUT2D eigenvalue weighted by Crippen LogP contribution is -2.32. The van der Waals surface area contributed by atoms with E-state index in [2.05, 4.69) is 14.1 Å². The molecule has 7 nitrogen and oxygen atoms in total. The highest BCUT2D eigenvalue weighted by atomic mass is 32.1. The standard InChI is InChI=1S/C11H19N3O4S/c1-2-17-11(16)4-3-5-12-6-9(15)8-18-10-7-13-19-14-10/h7,9,12,15H,2-6,8H2,1H3. The second-order valence-corrected chi connectivity index (χ2v) is 4.38. The van der Waals surface area contributed by atoms with Gasteiger partial charge in [0.05, 0.1) is 18.3 Å². The van der Waals surface area contributed by atoms with E-state index in [9.17, 15) is 9.90 Å². The third-order valence-electron chi connectivity index (χ3n) is 2.18. The highest BCUT2D eigenvalue weighted by Gasteiger charge is 2.06. The molecule has 1 aromatic heterocycles. The molecule has 19 heavy (non-hydrogen) atoms. The molecular weight excluding hydrogens is 270 g/mol. The van der Waals surface area contributed by atoms with Crippen molar-refractivity contribution in [1.82, 2.24) is 14.1 Å². The van der Waals surface area contributed by atoms with Crippen LogP contribution in [0.5, 0.6) is 5.88 Å². The average molecular weight is 289 g/mol. The SMILES string of the molecule is CCOC(=O)CCCNCC(O)COc1cnsn1. The van der Waals surface area contributed by atoms with Crippen LogP contribution in [-0.2, 0) is 9.53 Å². The maximum atomic E-state index is 11.0. The van der Waals surface area contributed by atoms with Crippen LogP contribution in [0.15, 0.2) is 6.20 Å². The molecule has 1 rings (SSSR count). The monoisotopic (exact) mass is 289 g/mol. The number of esters is 1. The molecule has 0 aliphatic heterocycles. The molecular formula is C11H19N3O4S. The number of hydrogen-bond donors (Lipinski definition) is 2. The zero-order valence-corrected chi connectivity index (χ0v) is 11.7. The van der Waals surface area contributed by atoms with Gasteiger partial charge in [-0.05, 0) is 19.9 Å². The van der Waals surface area contributed by atoms with Crippen LogP contribution in [0.1, 0.15) is 19.8 Å². The molecule has 0 saturated carbocycles. The van der Waals surface area contributed by atoms with Crippen LogP contribution in [0.25, 0.3) is 0 Å². The van der Waals surface area contributed by atoms with E-state index in [-0.39, 0.29) is 12.6 Å². The largest absolute Gasteiger partial charge is 0.473 e. The van der Waals surface area contributed by atoms with Gasteiger partial charge in [-0.3, -0.25) is 4.79 Å². The Morgan fingerprint density at radius 3 is 3.16 bits per heavy atom. The number of aliphatic hydroxyl groups is 1. The van der Waals surface area contributed by atoms with Crippen molar-refractivity contribution in [2.75, 3.05) is 26.3 Å². The molecule has 1 atom stereocenters. The second-order valence-electron chi connectivity index (χ2n) is 3.82. The van der Waals surface area contributed by atoms with E-state index >= 15 is 0 Å². The van der Waals surface area contributed by atoms with Gasteiger partial charge in [0, 0.05) is 13.0 Å². The number of aliphatic hydroxyl groups excluding tert-OH is 1. The number of nitrogens with one attached hydrogen (secondary N) is 1. The van der Waals surface area contributed by atoms with Crippen molar-refractivity contribution in [1.29, 1.82) is 0 Å². The first-order valence-corrected chi connectivity index (χ1v) is 6.90. The first kappa shape index (κ1) is 15.8. The summed E-state index contributed by atoms with van der Waals surface area (Å²) in [6, 6.07) is 0. The Labute approximate surface area is 116 Å². The van der Waals surface area contributed by atoms with E-state index in [1.807, 2.05) is 0 Å². The zero-order chi connectivity index (χ0) is 13.9. The van der Waals surface area contributed by atoms with E-state index in [1.165, 1.54) is 6.20 Å². The van der Waals surface area contributed by atoms with Gasteiger partial charge in [-0.15, -0.1) is 4.37 Å². The van der Waals surface area contributed by atoms with Crippen molar-refractivity contribution in [2.24, 2.45) is 0 Å². The van der Waals surface area contributed by atoms with Crippen LogP contribution in [-0.4, -0.2) is 52.2 Å². The van der Waals surface area contributed by atoms with Crippen molar-refractivity contribution in [3.05, 3.63) is 6.20 Å². The molecule has 2 N–H and O–H groups in total. The third-order valence-corrected chi connectivity index (χ3v) is 2.65. The Morgan fingerprint density at radius 1 is 1.63 bits per heavy atom. The minimum Gasteiger partial charge on any atom is -0.473 e. The number of nitrogens with zero attached hydrogens (tertiary/aromatic N) is 2. The lowest BCUT2D eigenvalue weighted by atomic mass is 10.3. The molecule has 0 aromatic carbocycles. The predicted octanol–water partition coefficient (Wildman–Crippen LogP) is 0.211. The fourth-order valence-corrected chi connectivity index (χ4v) is 1.68. The van der Waals surface area contributed by atoms with E-state index in [4.69, 9.17) is 9.47 Å². The number of carbonyl (C=O) groups is 1. The van der Waals surface area contributed by atoms with E-state index in [1.54, 1.807) is 6.92 Å². The lowest BCUT2D eigenvalue weighted by Gasteiger charge is -2.11. The number of ether oxygens (including phenoxy) is 2. The van der Waals surface area contributed by atoms with Gasteiger partial charge in [-0.1, -0.05) is 0 Å². The molecule has 0 fully saturated rings. The van der Waals surface area contributed by atoms with Crippen molar-refractivity contribution in [3.8, 4) is 5.88 Å².